The molecule has 2 rings (SSSR count). The maximum absolute atomic E-state index is 12.0. The maximum Gasteiger partial charge on any atom is 0.418 e. The van der Waals surface area contributed by atoms with Crippen LogP contribution in [0.15, 0.2) is 24.3 Å². The first-order chi connectivity index (χ1) is 13.7. The van der Waals surface area contributed by atoms with E-state index in [0.29, 0.717) is 0 Å². The first-order valence-corrected chi connectivity index (χ1v) is 10.7. The van der Waals surface area contributed by atoms with E-state index >= 15 is 0 Å². The zero-order valence-corrected chi connectivity index (χ0v) is 17.0. The van der Waals surface area contributed by atoms with Crippen molar-refractivity contribution in [3.05, 3.63) is 29.8 Å². The largest absolute Gasteiger partial charge is 0.494 e. The molecular weight excluding hydrogens is 356 g/mol. The number of ether oxygens (including phenoxy) is 3. The van der Waals surface area contributed by atoms with Crippen molar-refractivity contribution >= 4 is 12.4 Å². The average Bonchev–Trinajstić information content (AvgIpc) is 3.55. The van der Waals surface area contributed by atoms with Crippen molar-refractivity contribution in [3.63, 3.8) is 0 Å². The van der Waals surface area contributed by atoms with Gasteiger partial charge in [0.15, 0.2) is 0 Å². The van der Waals surface area contributed by atoms with Gasteiger partial charge in [0, 0.05) is 5.92 Å². The molecule has 0 N–H and O–H groups in total. The van der Waals surface area contributed by atoms with E-state index in [1.54, 1.807) is 0 Å². The third-order valence-corrected chi connectivity index (χ3v) is 5.03. The molecule has 0 heterocycles. The van der Waals surface area contributed by atoms with Crippen LogP contribution in [0.2, 0.25) is 0 Å². The summed E-state index contributed by atoms with van der Waals surface area (Å²) in [6, 6.07) is 7.55. The van der Waals surface area contributed by atoms with Crippen molar-refractivity contribution < 1.29 is 23.8 Å². The van der Waals surface area contributed by atoms with E-state index < -0.39 is 12.1 Å². The molecule has 1 fully saturated rings. The Labute approximate surface area is 168 Å². The number of esters is 1. The molecule has 0 aliphatic heterocycles. The lowest BCUT2D eigenvalue weighted by Crippen LogP contribution is -2.28. The quantitative estimate of drug-likeness (QED) is 0.290. The lowest BCUT2D eigenvalue weighted by Gasteiger charge is -2.13. The molecule has 1 aliphatic rings. The van der Waals surface area contributed by atoms with E-state index in [1.165, 1.54) is 51.4 Å². The minimum atomic E-state index is -0.813. The summed E-state index contributed by atoms with van der Waals surface area (Å²) in [4.78, 5) is 22.4. The molecule has 1 radical (unpaired) electrons. The number of benzene rings is 1. The third kappa shape index (κ3) is 8.77. The first-order valence-electron chi connectivity index (χ1n) is 10.7. The molecule has 0 aromatic heterocycles. The van der Waals surface area contributed by atoms with E-state index in [0.717, 1.165) is 37.2 Å². The zero-order chi connectivity index (χ0) is 20.0. The van der Waals surface area contributed by atoms with Crippen molar-refractivity contribution in [3.8, 4) is 5.75 Å². The van der Waals surface area contributed by atoms with E-state index in [1.807, 2.05) is 24.3 Å². The highest BCUT2D eigenvalue weighted by Gasteiger charge is 2.39. The third-order valence-electron chi connectivity index (χ3n) is 5.03. The summed E-state index contributed by atoms with van der Waals surface area (Å²) in [6.45, 7) is 4.48. The van der Waals surface area contributed by atoms with Crippen LogP contribution in [0.3, 0.4) is 0 Å². The van der Waals surface area contributed by atoms with Gasteiger partial charge in [0.1, 0.15) is 12.4 Å². The standard InChI is InChI=1S/C23H33O5/c1-2-3-4-5-6-7-8-9-16-26-21-14-10-19(11-15-21)17-27-23(25)22(28-18-24)20-12-13-20/h10-11,14-15,20,22H,2-9,12-13,16-17H2,1H3. The van der Waals surface area contributed by atoms with Gasteiger partial charge in [-0.3, -0.25) is 0 Å². The number of hydrogen-bond acceptors (Lipinski definition) is 5. The number of carbonyl (C=O) groups is 1. The fourth-order valence-corrected chi connectivity index (χ4v) is 3.13. The molecule has 1 atom stereocenters. The predicted octanol–water partition coefficient (Wildman–Crippen LogP) is 5.11. The second-order valence-electron chi connectivity index (χ2n) is 7.53. The normalized spacial score (nSPS) is 14.3. The smallest absolute Gasteiger partial charge is 0.418 e. The van der Waals surface area contributed by atoms with Gasteiger partial charge in [0.05, 0.1) is 6.61 Å². The van der Waals surface area contributed by atoms with Crippen LogP contribution in [0.1, 0.15) is 76.7 Å². The van der Waals surface area contributed by atoms with Crippen molar-refractivity contribution in [2.24, 2.45) is 5.92 Å². The van der Waals surface area contributed by atoms with Crippen LogP contribution in [-0.4, -0.2) is 25.2 Å². The van der Waals surface area contributed by atoms with E-state index in [4.69, 9.17) is 14.2 Å². The Balaban J connectivity index is 1.57. The number of hydrogen-bond donors (Lipinski definition) is 0. The van der Waals surface area contributed by atoms with Crippen molar-refractivity contribution in [2.75, 3.05) is 6.61 Å². The molecule has 1 unspecified atom stereocenters. The van der Waals surface area contributed by atoms with E-state index in [-0.39, 0.29) is 12.5 Å². The van der Waals surface area contributed by atoms with Crippen LogP contribution < -0.4 is 4.74 Å². The molecule has 0 saturated heterocycles. The fraction of sp³-hybridized carbons (Fsp3) is 0.652. The number of carbonyl (C=O) groups excluding carboxylic acids is 2. The van der Waals surface area contributed by atoms with Crippen LogP contribution in [0.4, 0.5) is 0 Å². The van der Waals surface area contributed by atoms with Crippen LogP contribution in [0, 0.1) is 5.92 Å². The van der Waals surface area contributed by atoms with Gasteiger partial charge in [-0.05, 0) is 37.0 Å². The van der Waals surface area contributed by atoms with Crippen LogP contribution in [0.5, 0.6) is 5.75 Å². The Morgan fingerprint density at radius 1 is 1.04 bits per heavy atom. The van der Waals surface area contributed by atoms with Crippen molar-refractivity contribution in [1.82, 2.24) is 0 Å². The second-order valence-corrected chi connectivity index (χ2v) is 7.53. The van der Waals surface area contributed by atoms with Crippen LogP contribution in [-0.2, 0) is 25.7 Å². The molecule has 1 aromatic carbocycles. The van der Waals surface area contributed by atoms with Crippen LogP contribution >= 0.6 is 0 Å². The summed E-state index contributed by atoms with van der Waals surface area (Å²) in [5.41, 5.74) is 0.873. The molecular formula is C23H33O5. The van der Waals surface area contributed by atoms with E-state index in [2.05, 4.69) is 6.92 Å². The summed E-state index contributed by atoms with van der Waals surface area (Å²) < 4.78 is 15.8. The minimum absolute atomic E-state index is 0.0843. The highest BCUT2D eigenvalue weighted by atomic mass is 16.6. The molecule has 5 nitrogen and oxygen atoms in total. The van der Waals surface area contributed by atoms with Crippen molar-refractivity contribution in [2.45, 2.75) is 83.8 Å². The van der Waals surface area contributed by atoms with Crippen LogP contribution in [0.25, 0.3) is 0 Å². The summed E-state index contributed by atoms with van der Waals surface area (Å²) in [7, 11) is 0. The van der Waals surface area contributed by atoms with Gasteiger partial charge in [0.2, 0.25) is 6.10 Å². The first kappa shape index (κ1) is 22.3. The molecule has 28 heavy (non-hydrogen) atoms. The second kappa shape index (κ2) is 13.2. The summed E-state index contributed by atoms with van der Waals surface area (Å²) in [5.74, 6) is 0.412. The van der Waals surface area contributed by atoms with Gasteiger partial charge in [0.25, 0.3) is 0 Å². The van der Waals surface area contributed by atoms with Crippen molar-refractivity contribution in [1.29, 1.82) is 0 Å². The lowest BCUT2D eigenvalue weighted by molar-refractivity contribution is -0.155. The maximum atomic E-state index is 12.0. The summed E-state index contributed by atoms with van der Waals surface area (Å²) >= 11 is 0. The molecule has 0 spiro atoms. The van der Waals surface area contributed by atoms with Gasteiger partial charge in [-0.2, -0.15) is 0 Å². The Morgan fingerprint density at radius 3 is 2.29 bits per heavy atom. The molecule has 5 heteroatoms. The van der Waals surface area contributed by atoms with Gasteiger partial charge < -0.3 is 14.2 Å². The Morgan fingerprint density at radius 2 is 1.68 bits per heavy atom. The molecule has 1 aliphatic carbocycles. The Hall–Kier alpha value is -2.04. The minimum Gasteiger partial charge on any atom is -0.494 e. The van der Waals surface area contributed by atoms with E-state index in [9.17, 15) is 9.59 Å². The Bertz CT molecular complexity index is 565. The average molecular weight is 390 g/mol. The zero-order valence-electron chi connectivity index (χ0n) is 17.0. The van der Waals surface area contributed by atoms with Gasteiger partial charge >= 0.3 is 12.4 Å². The number of unbranched alkanes of at least 4 members (excludes halogenated alkanes) is 7. The molecule has 155 valence electrons. The Kier molecular flexibility index (Phi) is 10.5. The SMILES string of the molecule is CCCCCCCCCCOc1ccc(COC(=O)C(O[C]=O)C2CC2)cc1. The predicted molar refractivity (Wildman–Crippen MR) is 108 cm³/mol. The molecule has 1 saturated carbocycles. The highest BCUT2D eigenvalue weighted by molar-refractivity contribution is 5.76. The lowest BCUT2D eigenvalue weighted by atomic mass is 10.1. The fourth-order valence-electron chi connectivity index (χ4n) is 3.13. The van der Waals surface area contributed by atoms with Gasteiger partial charge in [-0.15, -0.1) is 0 Å². The van der Waals surface area contributed by atoms with Gasteiger partial charge in [-0.1, -0.05) is 64.0 Å². The topological polar surface area (TPSA) is 61.8 Å². The highest BCUT2D eigenvalue weighted by Crippen LogP contribution is 2.34. The number of rotatable bonds is 16. The van der Waals surface area contributed by atoms with Gasteiger partial charge in [-0.25, -0.2) is 9.59 Å². The summed E-state index contributed by atoms with van der Waals surface area (Å²) in [5, 5.41) is 0. The molecule has 0 amide bonds. The molecule has 0 bridgehead atoms. The summed E-state index contributed by atoms with van der Waals surface area (Å²) in [6.07, 6.45) is 11.2. The monoisotopic (exact) mass is 389 g/mol. The molecule has 1 aromatic rings.